The second-order valence-corrected chi connectivity index (χ2v) is 5.88. The Morgan fingerprint density at radius 2 is 2.08 bits per heavy atom. The Morgan fingerprint density at radius 3 is 2.83 bits per heavy atom. The first-order valence-corrected chi connectivity index (χ1v) is 8.01. The van der Waals surface area contributed by atoms with Crippen molar-refractivity contribution in [2.75, 3.05) is 5.73 Å². The maximum absolute atomic E-state index is 10.5. The van der Waals surface area contributed by atoms with Crippen LogP contribution in [-0.4, -0.2) is 19.6 Å². The van der Waals surface area contributed by atoms with E-state index in [1.54, 1.807) is 10.8 Å². The van der Waals surface area contributed by atoms with Gasteiger partial charge in [-0.15, -0.1) is 0 Å². The van der Waals surface area contributed by atoms with Gasteiger partial charge in [-0.1, -0.05) is 31.2 Å². The maximum Gasteiger partial charge on any atom is 0.202 e. The zero-order chi connectivity index (χ0) is 16.7. The fourth-order valence-electron chi connectivity index (χ4n) is 3.18. The Morgan fingerprint density at radius 1 is 1.21 bits per heavy atom. The van der Waals surface area contributed by atoms with E-state index in [-0.39, 0.29) is 5.88 Å². The molecule has 0 spiro atoms. The van der Waals surface area contributed by atoms with Crippen LogP contribution in [0.1, 0.15) is 13.3 Å². The average molecular weight is 318 g/mol. The smallest absolute Gasteiger partial charge is 0.202 e. The monoisotopic (exact) mass is 318 g/mol. The summed E-state index contributed by atoms with van der Waals surface area (Å²) in [6.07, 6.45) is 6.35. The molecule has 3 N–H and O–H groups in total. The number of nitrogens with zero attached hydrogens (tertiary/aromatic N) is 3. The van der Waals surface area contributed by atoms with Crippen molar-refractivity contribution in [1.82, 2.24) is 14.5 Å². The summed E-state index contributed by atoms with van der Waals surface area (Å²) in [5, 5.41) is 11.9. The predicted molar refractivity (Wildman–Crippen MR) is 96.8 cm³/mol. The highest BCUT2D eigenvalue weighted by Crippen LogP contribution is 2.38. The Kier molecular flexibility index (Phi) is 3.34. The lowest BCUT2D eigenvalue weighted by Gasteiger charge is -2.09. The lowest BCUT2D eigenvalue weighted by molar-refractivity contribution is 0.421. The molecule has 0 radical (unpaired) electrons. The molecule has 0 saturated heterocycles. The second kappa shape index (κ2) is 5.53. The number of benzene rings is 1. The van der Waals surface area contributed by atoms with E-state index in [0.29, 0.717) is 16.6 Å². The molecule has 0 atom stereocenters. The molecule has 3 aromatic heterocycles. The van der Waals surface area contributed by atoms with Gasteiger partial charge in [-0.2, -0.15) is 0 Å². The van der Waals surface area contributed by atoms with Crippen LogP contribution < -0.4 is 5.73 Å². The fourth-order valence-corrected chi connectivity index (χ4v) is 3.18. The van der Waals surface area contributed by atoms with Crippen molar-refractivity contribution in [2.45, 2.75) is 19.9 Å². The summed E-state index contributed by atoms with van der Waals surface area (Å²) in [6.45, 7) is 2.80. The molecule has 0 aliphatic rings. The van der Waals surface area contributed by atoms with Gasteiger partial charge in [0.25, 0.3) is 0 Å². The standard InChI is InChI=1S/C19H18N4O/c1-2-9-23-11-15-16(19(23)24)17(20)14-7-3-6-13(18(14)22-15)12-5-4-8-21-10-12/h3-8,10-11,24H,2,9,20H2,1H3. The third-order valence-electron chi connectivity index (χ3n) is 4.29. The molecule has 24 heavy (non-hydrogen) atoms. The van der Waals surface area contributed by atoms with E-state index in [1.165, 1.54) is 0 Å². The van der Waals surface area contributed by atoms with Crippen molar-refractivity contribution in [3.05, 3.63) is 48.9 Å². The van der Waals surface area contributed by atoms with Gasteiger partial charge in [0, 0.05) is 41.6 Å². The number of anilines is 1. The molecule has 5 heteroatoms. The van der Waals surface area contributed by atoms with Crippen molar-refractivity contribution >= 4 is 27.5 Å². The first kappa shape index (κ1) is 14.5. The summed E-state index contributed by atoms with van der Waals surface area (Å²) in [5.74, 6) is 0.186. The lowest BCUT2D eigenvalue weighted by atomic mass is 10.0. The van der Waals surface area contributed by atoms with Crippen LogP contribution in [0.2, 0.25) is 0 Å². The van der Waals surface area contributed by atoms with Gasteiger partial charge >= 0.3 is 0 Å². The van der Waals surface area contributed by atoms with Crippen LogP contribution in [0.3, 0.4) is 0 Å². The molecule has 1 aromatic carbocycles. The van der Waals surface area contributed by atoms with Gasteiger partial charge in [0.2, 0.25) is 5.88 Å². The molecule has 0 unspecified atom stereocenters. The maximum atomic E-state index is 10.5. The van der Waals surface area contributed by atoms with E-state index in [2.05, 4.69) is 11.9 Å². The summed E-state index contributed by atoms with van der Waals surface area (Å²) >= 11 is 0. The van der Waals surface area contributed by atoms with Crippen LogP contribution in [0.15, 0.2) is 48.9 Å². The minimum atomic E-state index is 0.186. The molecular weight excluding hydrogens is 300 g/mol. The number of aryl methyl sites for hydroxylation is 1. The molecule has 120 valence electrons. The van der Waals surface area contributed by atoms with Crippen molar-refractivity contribution in [1.29, 1.82) is 0 Å². The Balaban J connectivity index is 2.07. The number of hydrogen-bond acceptors (Lipinski definition) is 4. The Labute approximate surface area is 139 Å². The molecule has 0 fully saturated rings. The summed E-state index contributed by atoms with van der Waals surface area (Å²) in [6, 6.07) is 9.81. The first-order valence-electron chi connectivity index (χ1n) is 8.01. The Hall–Kier alpha value is -3.08. The largest absolute Gasteiger partial charge is 0.494 e. The minimum Gasteiger partial charge on any atom is -0.494 e. The van der Waals surface area contributed by atoms with Crippen molar-refractivity contribution < 1.29 is 5.11 Å². The molecule has 4 aromatic rings. The van der Waals surface area contributed by atoms with Gasteiger partial charge < -0.3 is 15.4 Å². The van der Waals surface area contributed by atoms with E-state index in [0.717, 1.165) is 35.0 Å². The zero-order valence-electron chi connectivity index (χ0n) is 13.4. The topological polar surface area (TPSA) is 77.0 Å². The number of hydrogen-bond donors (Lipinski definition) is 2. The number of aromatic nitrogens is 3. The van der Waals surface area contributed by atoms with Crippen molar-refractivity contribution in [3.63, 3.8) is 0 Å². The SMILES string of the molecule is CCCn1cc2nc3c(-c4cccnc4)cccc3c(N)c2c1O. The molecule has 0 aliphatic heterocycles. The van der Waals surface area contributed by atoms with Crippen LogP contribution >= 0.6 is 0 Å². The number of nitrogen functional groups attached to an aromatic ring is 1. The van der Waals surface area contributed by atoms with Crippen LogP contribution in [0.5, 0.6) is 5.88 Å². The molecular formula is C19H18N4O. The van der Waals surface area contributed by atoms with Crippen LogP contribution in [-0.2, 0) is 6.54 Å². The van der Waals surface area contributed by atoms with Gasteiger partial charge in [-0.25, -0.2) is 4.98 Å². The number of para-hydroxylation sites is 1. The zero-order valence-corrected chi connectivity index (χ0v) is 13.4. The summed E-state index contributed by atoms with van der Waals surface area (Å²) in [7, 11) is 0. The highest BCUT2D eigenvalue weighted by molar-refractivity contribution is 6.12. The molecule has 4 rings (SSSR count). The molecule has 3 heterocycles. The average Bonchev–Trinajstić information content (AvgIpc) is 2.92. The van der Waals surface area contributed by atoms with Crippen molar-refractivity contribution in [3.8, 4) is 17.0 Å². The molecule has 0 amide bonds. The summed E-state index contributed by atoms with van der Waals surface area (Å²) < 4.78 is 1.80. The van der Waals surface area contributed by atoms with Gasteiger partial charge in [-0.05, 0) is 12.5 Å². The second-order valence-electron chi connectivity index (χ2n) is 5.88. The number of nitrogens with two attached hydrogens (primary N) is 1. The highest BCUT2D eigenvalue weighted by atomic mass is 16.3. The van der Waals surface area contributed by atoms with E-state index in [1.807, 2.05) is 42.7 Å². The quantitative estimate of drug-likeness (QED) is 0.599. The van der Waals surface area contributed by atoms with E-state index < -0.39 is 0 Å². The number of aromatic hydroxyl groups is 1. The van der Waals surface area contributed by atoms with Gasteiger partial charge in [0.05, 0.1) is 22.1 Å². The Bertz CT molecular complexity index is 1040. The van der Waals surface area contributed by atoms with Crippen LogP contribution in [0.25, 0.3) is 32.9 Å². The van der Waals surface area contributed by atoms with Crippen molar-refractivity contribution in [2.24, 2.45) is 0 Å². The summed E-state index contributed by atoms with van der Waals surface area (Å²) in [4.78, 5) is 8.98. The predicted octanol–water partition coefficient (Wildman–Crippen LogP) is 3.95. The molecule has 5 nitrogen and oxygen atoms in total. The lowest BCUT2D eigenvalue weighted by Crippen LogP contribution is -1.94. The van der Waals surface area contributed by atoms with Gasteiger partial charge in [-0.3, -0.25) is 4.98 Å². The number of fused-ring (bicyclic) bond motifs is 2. The van der Waals surface area contributed by atoms with Gasteiger partial charge in [0.15, 0.2) is 0 Å². The minimum absolute atomic E-state index is 0.186. The van der Waals surface area contributed by atoms with Crippen LogP contribution in [0, 0.1) is 0 Å². The third-order valence-corrected chi connectivity index (χ3v) is 4.29. The van der Waals surface area contributed by atoms with E-state index >= 15 is 0 Å². The molecule has 0 bridgehead atoms. The number of pyridine rings is 2. The molecule has 0 saturated carbocycles. The van der Waals surface area contributed by atoms with Gasteiger partial charge in [0.1, 0.15) is 0 Å². The van der Waals surface area contributed by atoms with E-state index in [4.69, 9.17) is 10.7 Å². The fraction of sp³-hybridized carbons (Fsp3) is 0.158. The van der Waals surface area contributed by atoms with E-state index in [9.17, 15) is 5.11 Å². The third kappa shape index (κ3) is 2.09. The highest BCUT2D eigenvalue weighted by Gasteiger charge is 2.17. The summed E-state index contributed by atoms with van der Waals surface area (Å²) in [5.41, 5.74) is 10.5. The molecule has 0 aliphatic carbocycles. The van der Waals surface area contributed by atoms with Crippen LogP contribution in [0.4, 0.5) is 5.69 Å². The first-order chi connectivity index (χ1) is 11.7. The normalized spacial score (nSPS) is 11.4. The number of rotatable bonds is 3.